The van der Waals surface area contributed by atoms with Crippen molar-refractivity contribution >= 4 is 23.1 Å². The van der Waals surface area contributed by atoms with Crippen molar-refractivity contribution in [2.45, 2.75) is 26.9 Å². The molecule has 0 unspecified atom stereocenters. The Bertz CT molecular complexity index is 748. The highest BCUT2D eigenvalue weighted by Crippen LogP contribution is 2.08. The van der Waals surface area contributed by atoms with E-state index in [1.165, 1.54) is 21.8 Å². The minimum Gasteiger partial charge on any atom is -0.465 e. The van der Waals surface area contributed by atoms with Gasteiger partial charge in [0.05, 0.1) is 19.5 Å². The summed E-state index contributed by atoms with van der Waals surface area (Å²) in [4.78, 5) is 42.8. The molecule has 0 saturated carbocycles. The summed E-state index contributed by atoms with van der Waals surface area (Å²) >= 11 is 0. The summed E-state index contributed by atoms with van der Waals surface area (Å²) in [5.74, 6) is -0.948. The first kappa shape index (κ1) is 15.7. The van der Waals surface area contributed by atoms with E-state index in [4.69, 9.17) is 9.47 Å². The molecule has 0 aliphatic rings. The number of ether oxygens (including phenoxy) is 2. The molecule has 0 aromatic carbocycles. The monoisotopic (exact) mass is 308 g/mol. The fourth-order valence-corrected chi connectivity index (χ4v) is 1.97. The van der Waals surface area contributed by atoms with Crippen LogP contribution < -0.4 is 5.56 Å². The maximum atomic E-state index is 11.9. The van der Waals surface area contributed by atoms with Crippen molar-refractivity contribution in [3.63, 3.8) is 0 Å². The Balaban J connectivity index is 2.36. The van der Waals surface area contributed by atoms with Gasteiger partial charge >= 0.3 is 11.9 Å². The van der Waals surface area contributed by atoms with Crippen molar-refractivity contribution in [3.05, 3.63) is 23.0 Å². The van der Waals surface area contributed by atoms with Crippen molar-refractivity contribution in [2.75, 3.05) is 13.2 Å². The number of carbonyl (C=O) groups is 2. The smallest absolute Gasteiger partial charge is 0.326 e. The van der Waals surface area contributed by atoms with E-state index >= 15 is 0 Å². The first-order chi connectivity index (χ1) is 10.6. The highest BCUT2D eigenvalue weighted by atomic mass is 16.5. The number of aromatic nitrogens is 4. The Morgan fingerprint density at radius 2 is 1.55 bits per heavy atom. The van der Waals surface area contributed by atoms with Gasteiger partial charge in [0.15, 0.2) is 11.2 Å². The summed E-state index contributed by atoms with van der Waals surface area (Å²) in [6, 6.07) is 0. The summed E-state index contributed by atoms with van der Waals surface area (Å²) in [6.07, 6.45) is 2.57. The third-order valence-corrected chi connectivity index (χ3v) is 2.82. The molecular formula is C13H16N4O5. The molecule has 0 atom stereocenters. The van der Waals surface area contributed by atoms with Crippen LogP contribution in [0.25, 0.3) is 11.2 Å². The predicted octanol–water partition coefficient (Wildman–Crippen LogP) is -0.281. The van der Waals surface area contributed by atoms with Crippen LogP contribution in [0.1, 0.15) is 13.8 Å². The van der Waals surface area contributed by atoms with E-state index in [0.29, 0.717) is 0 Å². The maximum Gasteiger partial charge on any atom is 0.326 e. The van der Waals surface area contributed by atoms with Gasteiger partial charge in [0, 0.05) is 0 Å². The maximum absolute atomic E-state index is 11.9. The van der Waals surface area contributed by atoms with Gasteiger partial charge in [-0.05, 0) is 13.8 Å². The second-order valence-corrected chi connectivity index (χ2v) is 4.33. The molecule has 0 N–H and O–H groups in total. The molecule has 0 aliphatic carbocycles. The molecule has 9 nitrogen and oxygen atoms in total. The van der Waals surface area contributed by atoms with Gasteiger partial charge in [-0.1, -0.05) is 0 Å². The van der Waals surface area contributed by atoms with Crippen LogP contribution in [0.5, 0.6) is 0 Å². The van der Waals surface area contributed by atoms with Crippen LogP contribution in [0.3, 0.4) is 0 Å². The molecule has 0 amide bonds. The molecule has 118 valence electrons. The minimum absolute atomic E-state index is 0.117. The van der Waals surface area contributed by atoms with E-state index in [2.05, 4.69) is 9.97 Å². The molecule has 0 spiro atoms. The lowest BCUT2D eigenvalue weighted by molar-refractivity contribution is -0.144. The fraction of sp³-hybridized carbons (Fsp3) is 0.462. The predicted molar refractivity (Wildman–Crippen MR) is 75.1 cm³/mol. The number of hydrogen-bond acceptors (Lipinski definition) is 7. The number of rotatable bonds is 6. The summed E-state index contributed by atoms with van der Waals surface area (Å²) in [5, 5.41) is 0. The van der Waals surface area contributed by atoms with E-state index < -0.39 is 17.5 Å². The second kappa shape index (κ2) is 6.83. The normalized spacial score (nSPS) is 10.6. The average molecular weight is 308 g/mol. The number of carbonyl (C=O) groups excluding carboxylic acids is 2. The molecule has 22 heavy (non-hydrogen) atoms. The van der Waals surface area contributed by atoms with E-state index in [1.54, 1.807) is 13.8 Å². The van der Waals surface area contributed by atoms with Crippen LogP contribution >= 0.6 is 0 Å². The number of hydrogen-bond donors (Lipinski definition) is 0. The molecule has 0 bridgehead atoms. The molecule has 9 heteroatoms. The molecule has 0 radical (unpaired) electrons. The van der Waals surface area contributed by atoms with Crippen LogP contribution in [-0.4, -0.2) is 44.3 Å². The van der Waals surface area contributed by atoms with E-state index in [-0.39, 0.29) is 37.5 Å². The lowest BCUT2D eigenvalue weighted by atomic mass is 10.4. The van der Waals surface area contributed by atoms with E-state index in [1.807, 2.05) is 0 Å². The van der Waals surface area contributed by atoms with Crippen molar-refractivity contribution in [1.82, 2.24) is 19.1 Å². The zero-order valence-corrected chi connectivity index (χ0v) is 12.3. The molecule has 0 saturated heterocycles. The summed E-state index contributed by atoms with van der Waals surface area (Å²) in [6.45, 7) is 3.63. The largest absolute Gasteiger partial charge is 0.465 e. The third-order valence-electron chi connectivity index (χ3n) is 2.82. The number of nitrogens with zero attached hydrogens (tertiary/aromatic N) is 4. The minimum atomic E-state index is -0.531. The number of esters is 2. The summed E-state index contributed by atoms with van der Waals surface area (Å²) in [5.41, 5.74) is -0.130. The van der Waals surface area contributed by atoms with Gasteiger partial charge in [0.25, 0.3) is 5.56 Å². The van der Waals surface area contributed by atoms with Crippen molar-refractivity contribution in [2.24, 2.45) is 0 Å². The van der Waals surface area contributed by atoms with Gasteiger partial charge < -0.3 is 18.6 Å². The van der Waals surface area contributed by atoms with Gasteiger partial charge in [-0.2, -0.15) is 4.98 Å². The standard InChI is InChI=1S/C13H16N4O5/c1-3-21-9(18)5-16-7-14-12-11(16)13(20)15-8-17(12)6-10(19)22-4-2/h7-8H,3-6H2,1-2H3. The number of imidazole rings is 1. The first-order valence-electron chi connectivity index (χ1n) is 6.78. The van der Waals surface area contributed by atoms with Crippen LogP contribution in [0, 0.1) is 0 Å². The zero-order valence-electron chi connectivity index (χ0n) is 12.3. The molecule has 2 aromatic heterocycles. The highest BCUT2D eigenvalue weighted by Gasteiger charge is 2.15. The topological polar surface area (TPSA) is 105 Å². The Morgan fingerprint density at radius 1 is 1.00 bits per heavy atom. The quantitative estimate of drug-likeness (QED) is 0.676. The van der Waals surface area contributed by atoms with E-state index in [0.717, 1.165) is 0 Å². The lowest BCUT2D eigenvalue weighted by Crippen LogP contribution is -2.21. The molecule has 2 rings (SSSR count). The first-order valence-corrected chi connectivity index (χ1v) is 6.78. The second-order valence-electron chi connectivity index (χ2n) is 4.33. The zero-order chi connectivity index (χ0) is 16.1. The van der Waals surface area contributed by atoms with Crippen LogP contribution in [0.15, 0.2) is 17.4 Å². The third kappa shape index (κ3) is 3.30. The summed E-state index contributed by atoms with van der Waals surface area (Å²) in [7, 11) is 0. The van der Waals surface area contributed by atoms with Crippen molar-refractivity contribution in [1.29, 1.82) is 0 Å². The van der Waals surface area contributed by atoms with Gasteiger partial charge in [-0.15, -0.1) is 0 Å². The van der Waals surface area contributed by atoms with Crippen LogP contribution in [0.2, 0.25) is 0 Å². The highest BCUT2D eigenvalue weighted by molar-refractivity contribution is 5.77. The fourth-order valence-electron chi connectivity index (χ4n) is 1.97. The van der Waals surface area contributed by atoms with Gasteiger partial charge in [-0.25, -0.2) is 4.98 Å². The van der Waals surface area contributed by atoms with Gasteiger partial charge in [0.2, 0.25) is 0 Å². The Labute approximate surface area is 125 Å². The summed E-state index contributed by atoms with van der Waals surface area (Å²) < 4.78 is 12.4. The molecular weight excluding hydrogens is 292 g/mol. The van der Waals surface area contributed by atoms with Crippen LogP contribution in [0.4, 0.5) is 0 Å². The molecule has 0 fully saturated rings. The van der Waals surface area contributed by atoms with Crippen LogP contribution in [-0.2, 0) is 32.2 Å². The molecule has 2 aromatic rings. The van der Waals surface area contributed by atoms with Crippen molar-refractivity contribution < 1.29 is 19.1 Å². The Morgan fingerprint density at radius 3 is 2.14 bits per heavy atom. The van der Waals surface area contributed by atoms with Gasteiger partial charge in [0.1, 0.15) is 19.4 Å². The van der Waals surface area contributed by atoms with Gasteiger partial charge in [-0.3, -0.25) is 14.4 Å². The Kier molecular flexibility index (Phi) is 4.87. The Hall–Kier alpha value is -2.71. The molecule has 0 aliphatic heterocycles. The lowest BCUT2D eigenvalue weighted by Gasteiger charge is -2.07. The average Bonchev–Trinajstić information content (AvgIpc) is 2.87. The SMILES string of the molecule is CCOC(=O)Cn1cnc(=O)c2c1ncn2CC(=O)OCC. The van der Waals surface area contributed by atoms with E-state index in [9.17, 15) is 14.4 Å². The number of fused-ring (bicyclic) bond motifs is 1. The van der Waals surface area contributed by atoms with Crippen molar-refractivity contribution in [3.8, 4) is 0 Å². The molecule has 2 heterocycles.